The minimum Gasteiger partial charge on any atom is -0.339 e. The van der Waals surface area contributed by atoms with Crippen molar-refractivity contribution >= 4 is 40.0 Å². The molecule has 2 amide bonds. The first kappa shape index (κ1) is 21.7. The number of carbonyl (C=O) groups excluding carboxylic acids is 2. The largest absolute Gasteiger partial charge is 0.339 e. The summed E-state index contributed by atoms with van der Waals surface area (Å²) in [7, 11) is 0. The number of anilines is 2. The number of tetrazole rings is 1. The maximum atomic E-state index is 13.0. The Bertz CT molecular complexity index is 1370. The highest BCUT2D eigenvalue weighted by Crippen LogP contribution is 2.23. The third-order valence-electron chi connectivity index (χ3n) is 5.91. The summed E-state index contributed by atoms with van der Waals surface area (Å²) in [6, 6.07) is 14.9. The van der Waals surface area contributed by atoms with Crippen molar-refractivity contribution in [3.05, 3.63) is 54.1 Å². The predicted molar refractivity (Wildman–Crippen MR) is 128 cm³/mol. The van der Waals surface area contributed by atoms with Crippen LogP contribution < -0.4 is 5.32 Å². The first-order chi connectivity index (χ1) is 16.3. The van der Waals surface area contributed by atoms with E-state index in [0.717, 1.165) is 16.7 Å². The average molecular weight is 459 g/mol. The van der Waals surface area contributed by atoms with E-state index in [-0.39, 0.29) is 11.8 Å². The fraction of sp³-hybridized carbons (Fsp3) is 0.333. The number of rotatable bonds is 3. The van der Waals surface area contributed by atoms with E-state index >= 15 is 0 Å². The highest BCUT2D eigenvalue weighted by atomic mass is 16.2. The van der Waals surface area contributed by atoms with Gasteiger partial charge < -0.3 is 15.1 Å². The zero-order valence-corrected chi connectivity index (χ0v) is 19.4. The van der Waals surface area contributed by atoms with Crippen LogP contribution in [0.15, 0.2) is 48.5 Å². The molecular weight excluding hydrogens is 432 g/mol. The Morgan fingerprint density at radius 1 is 0.912 bits per heavy atom. The highest BCUT2D eigenvalue weighted by molar-refractivity contribution is 5.95. The Hall–Kier alpha value is -4.08. The van der Waals surface area contributed by atoms with Crippen LogP contribution in [0.5, 0.6) is 0 Å². The number of benzene rings is 2. The van der Waals surface area contributed by atoms with E-state index in [2.05, 4.69) is 25.8 Å². The SMILES string of the molecule is CC(C)(C)C(=O)N1CCN(C(=O)c2ccc(Nc3nc4ccccc4n4nnnc34)cc2)CC1. The molecule has 2 aromatic heterocycles. The number of amides is 2. The molecule has 3 heterocycles. The molecule has 1 N–H and O–H groups in total. The van der Waals surface area contributed by atoms with Gasteiger partial charge in [0.05, 0.1) is 11.0 Å². The van der Waals surface area contributed by atoms with Crippen molar-refractivity contribution in [1.82, 2.24) is 34.8 Å². The lowest BCUT2D eigenvalue weighted by atomic mass is 9.94. The molecule has 10 heteroatoms. The minimum absolute atomic E-state index is 0.0396. The lowest BCUT2D eigenvalue weighted by Gasteiger charge is -2.37. The molecule has 4 aromatic rings. The minimum atomic E-state index is -0.414. The molecule has 34 heavy (non-hydrogen) atoms. The van der Waals surface area contributed by atoms with Crippen LogP contribution in [-0.4, -0.2) is 72.8 Å². The van der Waals surface area contributed by atoms with Gasteiger partial charge in [0.25, 0.3) is 5.91 Å². The van der Waals surface area contributed by atoms with Gasteiger partial charge in [-0.2, -0.15) is 4.52 Å². The highest BCUT2D eigenvalue weighted by Gasteiger charge is 2.31. The molecule has 0 saturated carbocycles. The number of nitrogens with zero attached hydrogens (tertiary/aromatic N) is 7. The fourth-order valence-electron chi connectivity index (χ4n) is 4.09. The van der Waals surface area contributed by atoms with E-state index in [4.69, 9.17) is 0 Å². The summed E-state index contributed by atoms with van der Waals surface area (Å²) in [6.07, 6.45) is 0. The van der Waals surface area contributed by atoms with E-state index in [9.17, 15) is 9.59 Å². The van der Waals surface area contributed by atoms with Gasteiger partial charge >= 0.3 is 0 Å². The predicted octanol–water partition coefficient (Wildman–Crippen LogP) is 2.75. The molecule has 2 aromatic carbocycles. The average Bonchev–Trinajstić information content (AvgIpc) is 3.34. The van der Waals surface area contributed by atoms with Gasteiger partial charge in [-0.25, -0.2) is 4.98 Å². The number of carbonyl (C=O) groups is 2. The van der Waals surface area contributed by atoms with Crippen LogP contribution in [0.4, 0.5) is 11.5 Å². The summed E-state index contributed by atoms with van der Waals surface area (Å²) in [5.41, 5.74) is 3.05. The van der Waals surface area contributed by atoms with Crippen LogP contribution in [0.3, 0.4) is 0 Å². The molecule has 1 fully saturated rings. The van der Waals surface area contributed by atoms with Crippen molar-refractivity contribution in [2.24, 2.45) is 5.41 Å². The van der Waals surface area contributed by atoms with Gasteiger partial charge in [-0.3, -0.25) is 9.59 Å². The normalized spacial score (nSPS) is 14.6. The van der Waals surface area contributed by atoms with Crippen molar-refractivity contribution in [3.8, 4) is 0 Å². The third kappa shape index (κ3) is 4.02. The number of piperazine rings is 1. The van der Waals surface area contributed by atoms with Crippen LogP contribution in [-0.2, 0) is 4.79 Å². The smallest absolute Gasteiger partial charge is 0.253 e. The van der Waals surface area contributed by atoms with Gasteiger partial charge in [-0.1, -0.05) is 32.9 Å². The van der Waals surface area contributed by atoms with E-state index in [1.54, 1.807) is 21.5 Å². The van der Waals surface area contributed by atoms with Crippen molar-refractivity contribution in [2.45, 2.75) is 20.8 Å². The Morgan fingerprint density at radius 2 is 1.59 bits per heavy atom. The molecule has 174 valence electrons. The molecular formula is C24H26N8O2. The topological polar surface area (TPSA) is 109 Å². The Morgan fingerprint density at radius 3 is 2.29 bits per heavy atom. The zero-order valence-electron chi connectivity index (χ0n) is 19.4. The van der Waals surface area contributed by atoms with Gasteiger partial charge in [0.1, 0.15) is 0 Å². The molecule has 1 aliphatic heterocycles. The first-order valence-electron chi connectivity index (χ1n) is 11.2. The van der Waals surface area contributed by atoms with Gasteiger partial charge in [-0.15, -0.1) is 5.10 Å². The molecule has 1 aliphatic rings. The first-order valence-corrected chi connectivity index (χ1v) is 11.2. The van der Waals surface area contributed by atoms with Gasteiger partial charge in [-0.05, 0) is 46.8 Å². The molecule has 0 unspecified atom stereocenters. The van der Waals surface area contributed by atoms with Gasteiger partial charge in [0.2, 0.25) is 11.6 Å². The number of fused-ring (bicyclic) bond motifs is 3. The van der Waals surface area contributed by atoms with Crippen LogP contribution in [0.25, 0.3) is 16.7 Å². The van der Waals surface area contributed by atoms with Gasteiger partial charge in [0, 0.05) is 42.8 Å². The van der Waals surface area contributed by atoms with E-state index in [1.165, 1.54) is 0 Å². The van der Waals surface area contributed by atoms with Crippen molar-refractivity contribution in [3.63, 3.8) is 0 Å². The molecule has 0 spiro atoms. The zero-order chi connectivity index (χ0) is 23.9. The summed E-state index contributed by atoms with van der Waals surface area (Å²) >= 11 is 0. The molecule has 0 aliphatic carbocycles. The monoisotopic (exact) mass is 458 g/mol. The molecule has 1 saturated heterocycles. The second-order valence-electron chi connectivity index (χ2n) is 9.40. The summed E-state index contributed by atoms with van der Waals surface area (Å²) in [5, 5.41) is 15.2. The lowest BCUT2D eigenvalue weighted by Crippen LogP contribution is -2.53. The number of hydrogen-bond donors (Lipinski definition) is 1. The second-order valence-corrected chi connectivity index (χ2v) is 9.40. The lowest BCUT2D eigenvalue weighted by molar-refractivity contribution is -0.140. The molecule has 10 nitrogen and oxygen atoms in total. The van der Waals surface area contributed by atoms with Crippen LogP contribution >= 0.6 is 0 Å². The third-order valence-corrected chi connectivity index (χ3v) is 5.91. The molecule has 0 radical (unpaired) electrons. The Kier molecular flexibility index (Phi) is 5.35. The Labute approximate surface area is 196 Å². The summed E-state index contributed by atoms with van der Waals surface area (Å²) in [4.78, 5) is 33.8. The molecule has 0 bridgehead atoms. The molecule has 0 atom stereocenters. The Balaban J connectivity index is 1.29. The van der Waals surface area contributed by atoms with Crippen LogP contribution in [0, 0.1) is 5.41 Å². The number of hydrogen-bond acceptors (Lipinski definition) is 7. The molecule has 5 rings (SSSR count). The van der Waals surface area contributed by atoms with E-state index in [1.807, 2.05) is 62.1 Å². The van der Waals surface area contributed by atoms with Gasteiger partial charge in [0.15, 0.2) is 5.82 Å². The number of aromatic nitrogens is 5. The fourth-order valence-corrected chi connectivity index (χ4v) is 4.09. The standard InChI is InChI=1S/C24H26N8O2/c1-24(2,3)23(34)31-14-12-30(13-15-31)22(33)16-8-10-17(11-9-16)25-20-21-27-28-29-32(21)19-7-5-4-6-18(19)26-20/h4-11H,12-15H2,1-3H3,(H,25,26). The maximum Gasteiger partial charge on any atom is 0.253 e. The van der Waals surface area contributed by atoms with Crippen LogP contribution in [0.1, 0.15) is 31.1 Å². The van der Waals surface area contributed by atoms with Crippen LogP contribution in [0.2, 0.25) is 0 Å². The van der Waals surface area contributed by atoms with Crippen molar-refractivity contribution in [2.75, 3.05) is 31.5 Å². The van der Waals surface area contributed by atoms with E-state index in [0.29, 0.717) is 43.2 Å². The quantitative estimate of drug-likeness (QED) is 0.503. The van der Waals surface area contributed by atoms with E-state index < -0.39 is 5.41 Å². The van der Waals surface area contributed by atoms with Crippen molar-refractivity contribution < 1.29 is 9.59 Å². The second kappa shape index (κ2) is 8.36. The summed E-state index contributed by atoms with van der Waals surface area (Å²) in [6.45, 7) is 7.91. The number of nitrogens with one attached hydrogen (secondary N) is 1. The number of para-hydroxylation sites is 2. The maximum absolute atomic E-state index is 13.0. The van der Waals surface area contributed by atoms with Crippen molar-refractivity contribution in [1.29, 1.82) is 0 Å². The summed E-state index contributed by atoms with van der Waals surface area (Å²) in [5.74, 6) is 0.610. The summed E-state index contributed by atoms with van der Waals surface area (Å²) < 4.78 is 1.65.